The van der Waals surface area contributed by atoms with Gasteiger partial charge in [0.05, 0.1) is 17.4 Å². The van der Waals surface area contributed by atoms with E-state index in [0.717, 1.165) is 18.4 Å². The van der Waals surface area contributed by atoms with Gasteiger partial charge in [0, 0.05) is 12.7 Å². The standard InChI is InChI=1S/C13H15NO3/c15-14(16)12(10-13-7-4-8-17-13)9-11-5-2-1-3-6-11/h1-3,5-6,10,13H,4,7-9H2/b12-10+. The lowest BCUT2D eigenvalue weighted by Gasteiger charge is -2.04. The second-order valence-electron chi connectivity index (χ2n) is 4.13. The van der Waals surface area contributed by atoms with Crippen molar-refractivity contribution in [1.29, 1.82) is 0 Å². The minimum atomic E-state index is -0.311. The van der Waals surface area contributed by atoms with Crippen LogP contribution in [0, 0.1) is 10.1 Å². The molecule has 1 aliphatic rings. The van der Waals surface area contributed by atoms with Crippen LogP contribution in [0.1, 0.15) is 18.4 Å². The third-order valence-corrected chi connectivity index (χ3v) is 2.81. The van der Waals surface area contributed by atoms with Crippen molar-refractivity contribution in [2.45, 2.75) is 25.4 Å². The molecule has 2 rings (SSSR count). The van der Waals surface area contributed by atoms with Gasteiger partial charge in [-0.2, -0.15) is 0 Å². The average molecular weight is 233 g/mol. The Kier molecular flexibility index (Phi) is 3.88. The number of benzene rings is 1. The van der Waals surface area contributed by atoms with Gasteiger partial charge in [0.15, 0.2) is 0 Å². The van der Waals surface area contributed by atoms with E-state index in [0.29, 0.717) is 13.0 Å². The molecule has 4 heteroatoms. The van der Waals surface area contributed by atoms with Gasteiger partial charge < -0.3 is 4.74 Å². The van der Waals surface area contributed by atoms with Crippen LogP contribution in [0.4, 0.5) is 0 Å². The van der Waals surface area contributed by atoms with Crippen LogP contribution in [0.25, 0.3) is 0 Å². The van der Waals surface area contributed by atoms with Gasteiger partial charge in [-0.3, -0.25) is 10.1 Å². The Bertz CT molecular complexity index is 408. The summed E-state index contributed by atoms with van der Waals surface area (Å²) < 4.78 is 5.39. The van der Waals surface area contributed by atoms with Crippen molar-refractivity contribution in [3.05, 3.63) is 57.8 Å². The summed E-state index contributed by atoms with van der Waals surface area (Å²) in [6.45, 7) is 0.706. The molecule has 0 aromatic heterocycles. The van der Waals surface area contributed by atoms with Gasteiger partial charge in [-0.1, -0.05) is 30.3 Å². The van der Waals surface area contributed by atoms with Crippen LogP contribution < -0.4 is 0 Å². The maximum Gasteiger partial charge on any atom is 0.249 e. The Labute approximate surface area is 100 Å². The van der Waals surface area contributed by atoms with Gasteiger partial charge in [0.25, 0.3) is 0 Å². The number of rotatable bonds is 4. The number of nitrogens with zero attached hydrogens (tertiary/aromatic N) is 1. The Hall–Kier alpha value is -1.68. The lowest BCUT2D eigenvalue weighted by Crippen LogP contribution is -2.09. The van der Waals surface area contributed by atoms with Gasteiger partial charge in [0.2, 0.25) is 5.70 Å². The van der Waals surface area contributed by atoms with Gasteiger partial charge in [-0.15, -0.1) is 0 Å². The molecule has 0 amide bonds. The minimum absolute atomic E-state index is 0.0842. The highest BCUT2D eigenvalue weighted by Gasteiger charge is 2.19. The number of hydrogen-bond acceptors (Lipinski definition) is 3. The highest BCUT2D eigenvalue weighted by Crippen LogP contribution is 2.17. The highest BCUT2D eigenvalue weighted by molar-refractivity contribution is 5.19. The maximum atomic E-state index is 11.0. The van der Waals surface area contributed by atoms with Crippen molar-refractivity contribution >= 4 is 0 Å². The molecular formula is C13H15NO3. The fourth-order valence-corrected chi connectivity index (χ4v) is 1.94. The molecule has 1 unspecified atom stereocenters. The van der Waals surface area contributed by atoms with Crippen LogP contribution in [0.3, 0.4) is 0 Å². The minimum Gasteiger partial charge on any atom is -0.374 e. The molecule has 0 N–H and O–H groups in total. The molecule has 1 aliphatic heterocycles. The molecule has 90 valence electrons. The number of hydrogen-bond donors (Lipinski definition) is 0. The van der Waals surface area contributed by atoms with Crippen molar-refractivity contribution in [3.63, 3.8) is 0 Å². The fraction of sp³-hybridized carbons (Fsp3) is 0.385. The molecule has 0 aliphatic carbocycles. The molecule has 0 radical (unpaired) electrons. The van der Waals surface area contributed by atoms with E-state index in [1.807, 2.05) is 30.3 Å². The maximum absolute atomic E-state index is 11.0. The summed E-state index contributed by atoms with van der Waals surface area (Å²) in [5.41, 5.74) is 1.18. The highest BCUT2D eigenvalue weighted by atomic mass is 16.6. The first-order valence-electron chi connectivity index (χ1n) is 5.76. The zero-order valence-corrected chi connectivity index (χ0v) is 9.54. The molecule has 1 aromatic rings. The van der Waals surface area contributed by atoms with Crippen molar-refractivity contribution in [3.8, 4) is 0 Å². The first-order chi connectivity index (χ1) is 8.25. The molecule has 0 saturated carbocycles. The molecule has 0 bridgehead atoms. The van der Waals surface area contributed by atoms with Crippen LogP contribution in [0.2, 0.25) is 0 Å². The lowest BCUT2D eigenvalue weighted by molar-refractivity contribution is -0.427. The first-order valence-corrected chi connectivity index (χ1v) is 5.76. The summed E-state index contributed by atoms with van der Waals surface area (Å²) in [6.07, 6.45) is 3.79. The summed E-state index contributed by atoms with van der Waals surface area (Å²) in [5, 5.41) is 11.0. The van der Waals surface area contributed by atoms with Gasteiger partial charge in [-0.25, -0.2) is 0 Å². The second-order valence-corrected chi connectivity index (χ2v) is 4.13. The van der Waals surface area contributed by atoms with Crippen molar-refractivity contribution in [1.82, 2.24) is 0 Å². The van der Waals surface area contributed by atoms with E-state index < -0.39 is 0 Å². The van der Waals surface area contributed by atoms with Crippen LogP contribution in [-0.4, -0.2) is 17.6 Å². The van der Waals surface area contributed by atoms with E-state index in [-0.39, 0.29) is 16.7 Å². The van der Waals surface area contributed by atoms with Crippen molar-refractivity contribution < 1.29 is 9.66 Å². The summed E-state index contributed by atoms with van der Waals surface area (Å²) in [4.78, 5) is 10.7. The normalized spacial score (nSPS) is 20.5. The predicted molar refractivity (Wildman–Crippen MR) is 64.2 cm³/mol. The molecule has 1 heterocycles. The SMILES string of the molecule is O=[N+]([O-])/C(=C/C1CCCO1)Cc1ccccc1. The Morgan fingerprint density at radius 3 is 2.82 bits per heavy atom. The van der Waals surface area contributed by atoms with Gasteiger partial charge in [0.1, 0.15) is 0 Å². The molecular weight excluding hydrogens is 218 g/mol. The molecule has 4 nitrogen and oxygen atoms in total. The number of ether oxygens (including phenoxy) is 1. The van der Waals surface area contributed by atoms with E-state index in [1.54, 1.807) is 6.08 Å². The zero-order valence-electron chi connectivity index (χ0n) is 9.54. The van der Waals surface area contributed by atoms with Gasteiger partial charge in [-0.05, 0) is 18.4 Å². The van der Waals surface area contributed by atoms with Crippen LogP contribution >= 0.6 is 0 Å². The fourth-order valence-electron chi connectivity index (χ4n) is 1.94. The summed E-state index contributed by atoms with van der Waals surface area (Å²) in [5.74, 6) is 0. The summed E-state index contributed by atoms with van der Waals surface area (Å²) in [6, 6.07) is 9.47. The van der Waals surface area contributed by atoms with E-state index >= 15 is 0 Å². The Balaban J connectivity index is 2.09. The average Bonchev–Trinajstić information content (AvgIpc) is 2.82. The van der Waals surface area contributed by atoms with Crippen molar-refractivity contribution in [2.24, 2.45) is 0 Å². The largest absolute Gasteiger partial charge is 0.374 e. The van der Waals surface area contributed by atoms with E-state index in [1.165, 1.54) is 0 Å². The molecule has 17 heavy (non-hydrogen) atoms. The first kappa shape index (κ1) is 11.8. The smallest absolute Gasteiger partial charge is 0.249 e. The van der Waals surface area contributed by atoms with Crippen LogP contribution in [0.5, 0.6) is 0 Å². The van der Waals surface area contributed by atoms with Gasteiger partial charge >= 0.3 is 0 Å². The van der Waals surface area contributed by atoms with E-state index in [9.17, 15) is 10.1 Å². The quantitative estimate of drug-likeness (QED) is 0.593. The zero-order chi connectivity index (χ0) is 12.1. The Morgan fingerprint density at radius 2 is 2.24 bits per heavy atom. The molecule has 1 saturated heterocycles. The second kappa shape index (κ2) is 5.59. The summed E-state index contributed by atoms with van der Waals surface area (Å²) >= 11 is 0. The van der Waals surface area contributed by atoms with Crippen LogP contribution in [-0.2, 0) is 11.2 Å². The van der Waals surface area contributed by atoms with E-state index in [2.05, 4.69) is 0 Å². The third kappa shape index (κ3) is 3.39. The molecule has 1 atom stereocenters. The van der Waals surface area contributed by atoms with Crippen LogP contribution in [0.15, 0.2) is 42.1 Å². The number of allylic oxidation sites excluding steroid dienone is 1. The number of nitro groups is 1. The predicted octanol–water partition coefficient (Wildman–Crippen LogP) is 2.57. The Morgan fingerprint density at radius 1 is 1.47 bits per heavy atom. The summed E-state index contributed by atoms with van der Waals surface area (Å²) in [7, 11) is 0. The van der Waals surface area contributed by atoms with Crippen molar-refractivity contribution in [2.75, 3.05) is 6.61 Å². The van der Waals surface area contributed by atoms with E-state index in [4.69, 9.17) is 4.74 Å². The lowest BCUT2D eigenvalue weighted by atomic mass is 10.1. The topological polar surface area (TPSA) is 52.4 Å². The molecule has 1 aromatic carbocycles. The molecule has 1 fully saturated rings. The monoisotopic (exact) mass is 233 g/mol. The third-order valence-electron chi connectivity index (χ3n) is 2.81. The molecule has 0 spiro atoms.